The van der Waals surface area contributed by atoms with E-state index in [4.69, 9.17) is 4.74 Å². The average Bonchev–Trinajstić information content (AvgIpc) is 3.82. The third-order valence-electron chi connectivity index (χ3n) is 8.62. The van der Waals surface area contributed by atoms with Crippen molar-refractivity contribution in [3.63, 3.8) is 0 Å². The number of aliphatic hydroxyl groups is 2. The minimum absolute atomic E-state index is 0.0854. The molecule has 0 bridgehead atoms. The fraction of sp³-hybridized carbons (Fsp3) is 0.303. The summed E-state index contributed by atoms with van der Waals surface area (Å²) < 4.78 is 21.2. The van der Waals surface area contributed by atoms with Crippen LogP contribution in [0, 0.1) is 5.82 Å². The van der Waals surface area contributed by atoms with Crippen LogP contribution in [0.15, 0.2) is 54.7 Å². The largest absolute Gasteiger partial charge is 0.491 e. The monoisotopic (exact) mass is 582 g/mol. The van der Waals surface area contributed by atoms with E-state index in [1.807, 2.05) is 30.3 Å². The number of carbonyl (C=O) groups excluding carboxylic acids is 2. The minimum atomic E-state index is -0.588. The first-order valence-corrected chi connectivity index (χ1v) is 14.5. The van der Waals surface area contributed by atoms with Gasteiger partial charge in [0.05, 0.1) is 18.8 Å². The summed E-state index contributed by atoms with van der Waals surface area (Å²) in [6.07, 6.45) is 6.31. The number of carbonyl (C=O) groups is 2. The van der Waals surface area contributed by atoms with E-state index in [0.717, 1.165) is 46.2 Å². The average molecular weight is 583 g/mol. The SMILES string of the molecule is O=C(CO)N1CC=C(c2cc3c(-c4cccc(N5CCOc6cc(C7CC7)cc(F)c6C5=O)c4CO)ccnc3[nH]2)CC1. The molecule has 10 heteroatoms. The molecule has 4 heterocycles. The molecular formula is C33H31FN4O5. The van der Waals surface area contributed by atoms with Crippen molar-refractivity contribution in [3.05, 3.63) is 82.9 Å². The topological polar surface area (TPSA) is 119 Å². The fourth-order valence-corrected chi connectivity index (χ4v) is 6.21. The van der Waals surface area contributed by atoms with Crippen LogP contribution in [-0.2, 0) is 11.4 Å². The van der Waals surface area contributed by atoms with Crippen LogP contribution in [0.2, 0.25) is 0 Å². The first-order chi connectivity index (χ1) is 21.0. The molecule has 7 rings (SSSR count). The van der Waals surface area contributed by atoms with Crippen LogP contribution < -0.4 is 9.64 Å². The number of aliphatic hydroxyl groups excluding tert-OH is 2. The molecule has 3 aliphatic rings. The number of benzene rings is 2. The lowest BCUT2D eigenvalue weighted by Gasteiger charge is -2.25. The van der Waals surface area contributed by atoms with E-state index >= 15 is 4.39 Å². The Morgan fingerprint density at radius 1 is 1.12 bits per heavy atom. The van der Waals surface area contributed by atoms with Crippen molar-refractivity contribution in [1.29, 1.82) is 0 Å². The third kappa shape index (κ3) is 4.86. The molecule has 3 N–H and O–H groups in total. The lowest BCUT2D eigenvalue weighted by Crippen LogP contribution is -2.36. The molecule has 2 aromatic heterocycles. The van der Waals surface area contributed by atoms with Crippen LogP contribution in [0.4, 0.5) is 10.1 Å². The number of anilines is 1. The van der Waals surface area contributed by atoms with Crippen LogP contribution in [0.3, 0.4) is 0 Å². The highest BCUT2D eigenvalue weighted by atomic mass is 19.1. The van der Waals surface area contributed by atoms with Crippen molar-refractivity contribution in [2.24, 2.45) is 0 Å². The van der Waals surface area contributed by atoms with Crippen molar-refractivity contribution in [2.45, 2.75) is 31.8 Å². The Labute approximate surface area is 247 Å². The molecule has 1 aliphatic carbocycles. The molecule has 0 radical (unpaired) electrons. The number of aromatic nitrogens is 2. The molecule has 220 valence electrons. The van der Waals surface area contributed by atoms with Gasteiger partial charge < -0.3 is 29.7 Å². The zero-order valence-electron chi connectivity index (χ0n) is 23.5. The van der Waals surface area contributed by atoms with Crippen molar-refractivity contribution < 1.29 is 28.9 Å². The standard InChI is InChI=1S/C33H31FN4O5/c34-26-14-21(19-4-5-19)15-29-31(26)33(42)38(12-13-43-29)28-3-1-2-22(25(28)17-39)23-6-9-35-32-24(23)16-27(36-32)20-7-10-37(11-8-20)30(41)18-40/h1-3,6-7,9,14-16,19,39-40H,4-5,8,10-13,17-18H2,(H,35,36). The number of aromatic amines is 1. The molecule has 2 amide bonds. The summed E-state index contributed by atoms with van der Waals surface area (Å²) >= 11 is 0. The van der Waals surface area contributed by atoms with Crippen molar-refractivity contribution in [3.8, 4) is 16.9 Å². The first kappa shape index (κ1) is 27.3. The highest BCUT2D eigenvalue weighted by Crippen LogP contribution is 2.43. The van der Waals surface area contributed by atoms with Crippen LogP contribution in [-0.4, -0.2) is 69.7 Å². The van der Waals surface area contributed by atoms with Gasteiger partial charge in [0.25, 0.3) is 5.91 Å². The molecule has 4 aromatic rings. The summed E-state index contributed by atoms with van der Waals surface area (Å²) in [6.45, 7) is 0.475. The first-order valence-electron chi connectivity index (χ1n) is 14.5. The van der Waals surface area contributed by atoms with Crippen LogP contribution in [0.25, 0.3) is 27.7 Å². The van der Waals surface area contributed by atoms with E-state index < -0.39 is 18.3 Å². The molecule has 0 saturated heterocycles. The van der Waals surface area contributed by atoms with Gasteiger partial charge in [-0.2, -0.15) is 0 Å². The maximum atomic E-state index is 15.4. The minimum Gasteiger partial charge on any atom is -0.491 e. The molecule has 0 spiro atoms. The molecule has 43 heavy (non-hydrogen) atoms. The molecular weight excluding hydrogens is 551 g/mol. The Kier molecular flexibility index (Phi) is 6.95. The van der Waals surface area contributed by atoms with Gasteiger partial charge >= 0.3 is 0 Å². The maximum Gasteiger partial charge on any atom is 0.265 e. The summed E-state index contributed by atoms with van der Waals surface area (Å²) in [5, 5.41) is 20.7. The Balaban J connectivity index is 1.26. The van der Waals surface area contributed by atoms with Crippen molar-refractivity contribution in [2.75, 3.05) is 37.7 Å². The fourth-order valence-electron chi connectivity index (χ4n) is 6.21. The highest BCUT2D eigenvalue weighted by Gasteiger charge is 2.33. The number of hydrogen-bond acceptors (Lipinski definition) is 6. The second-order valence-electron chi connectivity index (χ2n) is 11.2. The number of rotatable bonds is 6. The van der Waals surface area contributed by atoms with E-state index in [2.05, 4.69) is 9.97 Å². The van der Waals surface area contributed by atoms with E-state index in [-0.39, 0.29) is 37.0 Å². The number of pyridine rings is 1. The van der Waals surface area contributed by atoms with Crippen molar-refractivity contribution >= 4 is 34.1 Å². The molecule has 2 aromatic carbocycles. The van der Waals surface area contributed by atoms with Gasteiger partial charge in [-0.15, -0.1) is 0 Å². The van der Waals surface area contributed by atoms with Crippen LogP contribution in [0.5, 0.6) is 5.75 Å². The van der Waals surface area contributed by atoms with Crippen molar-refractivity contribution in [1.82, 2.24) is 14.9 Å². The Morgan fingerprint density at radius 2 is 1.98 bits per heavy atom. The second-order valence-corrected chi connectivity index (χ2v) is 11.2. The molecule has 0 unspecified atom stereocenters. The summed E-state index contributed by atoms with van der Waals surface area (Å²) in [6, 6.07) is 12.6. The maximum absolute atomic E-state index is 15.4. The number of nitrogens with zero attached hydrogens (tertiary/aromatic N) is 3. The molecule has 1 saturated carbocycles. The number of H-pyrrole nitrogens is 1. The van der Waals surface area contributed by atoms with Crippen LogP contribution >= 0.6 is 0 Å². The number of hydrogen-bond donors (Lipinski definition) is 3. The number of nitrogens with one attached hydrogen (secondary N) is 1. The lowest BCUT2D eigenvalue weighted by atomic mass is 9.95. The van der Waals surface area contributed by atoms with E-state index in [9.17, 15) is 19.8 Å². The van der Waals surface area contributed by atoms with E-state index in [1.165, 1.54) is 11.0 Å². The van der Waals surface area contributed by atoms with E-state index in [0.29, 0.717) is 42.3 Å². The van der Waals surface area contributed by atoms with Gasteiger partial charge in [-0.1, -0.05) is 18.2 Å². The van der Waals surface area contributed by atoms with E-state index in [1.54, 1.807) is 23.2 Å². The Morgan fingerprint density at radius 3 is 2.72 bits per heavy atom. The molecule has 1 fully saturated rings. The van der Waals surface area contributed by atoms with Gasteiger partial charge in [-0.3, -0.25) is 9.59 Å². The van der Waals surface area contributed by atoms with Gasteiger partial charge in [-0.25, -0.2) is 9.37 Å². The molecule has 9 nitrogen and oxygen atoms in total. The van der Waals surface area contributed by atoms with Gasteiger partial charge in [0.1, 0.15) is 36.0 Å². The number of ether oxygens (including phenoxy) is 1. The van der Waals surface area contributed by atoms with Gasteiger partial charge in [0, 0.05) is 35.9 Å². The summed E-state index contributed by atoms with van der Waals surface area (Å²) in [4.78, 5) is 36.7. The zero-order valence-corrected chi connectivity index (χ0v) is 23.5. The summed E-state index contributed by atoms with van der Waals surface area (Å²) in [5.41, 5.74) is 5.97. The van der Waals surface area contributed by atoms with Gasteiger partial charge in [-0.05, 0) is 77.8 Å². The second kappa shape index (κ2) is 10.9. The van der Waals surface area contributed by atoms with Crippen LogP contribution in [0.1, 0.15) is 52.4 Å². The smallest absolute Gasteiger partial charge is 0.265 e. The highest BCUT2D eigenvalue weighted by molar-refractivity contribution is 6.09. The van der Waals surface area contributed by atoms with Gasteiger partial charge in [0.2, 0.25) is 5.91 Å². The predicted molar refractivity (Wildman–Crippen MR) is 159 cm³/mol. The number of halogens is 1. The molecule has 2 aliphatic heterocycles. The third-order valence-corrected chi connectivity index (χ3v) is 8.62. The number of fused-ring (bicyclic) bond motifs is 2. The normalized spacial score (nSPS) is 17.0. The molecule has 0 atom stereocenters. The summed E-state index contributed by atoms with van der Waals surface area (Å²) in [5.74, 6) is -0.791. The zero-order chi connectivity index (χ0) is 29.7. The Bertz CT molecular complexity index is 1790. The lowest BCUT2D eigenvalue weighted by molar-refractivity contribution is -0.133. The number of amides is 2. The quantitative estimate of drug-likeness (QED) is 0.311. The summed E-state index contributed by atoms with van der Waals surface area (Å²) in [7, 11) is 0. The van der Waals surface area contributed by atoms with Gasteiger partial charge in [0.15, 0.2) is 0 Å². The predicted octanol–water partition coefficient (Wildman–Crippen LogP) is 4.39. The Hall–Kier alpha value is -4.54.